The fourth-order valence-electron chi connectivity index (χ4n) is 6.17. The molecule has 1 aliphatic heterocycles. The molecule has 4 nitrogen and oxygen atoms in total. The van der Waals surface area contributed by atoms with Crippen molar-refractivity contribution in [2.75, 3.05) is 13.6 Å². The van der Waals surface area contributed by atoms with E-state index in [2.05, 4.69) is 11.9 Å². The third kappa shape index (κ3) is 1.16. The first-order chi connectivity index (χ1) is 10.5. The molecule has 22 heavy (non-hydrogen) atoms. The van der Waals surface area contributed by atoms with Crippen molar-refractivity contribution in [2.45, 2.75) is 49.2 Å². The molecule has 4 atom stereocenters. The van der Waals surface area contributed by atoms with Crippen LogP contribution in [0.15, 0.2) is 12.1 Å². The van der Waals surface area contributed by atoms with Gasteiger partial charge < -0.3 is 15.1 Å². The van der Waals surface area contributed by atoms with Gasteiger partial charge in [0, 0.05) is 23.8 Å². The third-order valence-corrected chi connectivity index (χ3v) is 7.09. The highest BCUT2D eigenvalue weighted by molar-refractivity contribution is 5.87. The number of piperidine rings is 1. The average molecular weight is 299 g/mol. The molecule has 1 heterocycles. The number of aliphatic hydroxyl groups is 1. The molecule has 2 unspecified atom stereocenters. The first kappa shape index (κ1) is 13.1. The van der Waals surface area contributed by atoms with E-state index >= 15 is 0 Å². The van der Waals surface area contributed by atoms with E-state index in [4.69, 9.17) is 0 Å². The quantitative estimate of drug-likeness (QED) is 0.754. The van der Waals surface area contributed by atoms with Gasteiger partial charge in [0.05, 0.1) is 5.60 Å². The predicted octanol–water partition coefficient (Wildman–Crippen LogP) is 1.16. The normalized spacial score (nSPS) is 42.4. The van der Waals surface area contributed by atoms with Gasteiger partial charge >= 0.3 is 0 Å². The topological polar surface area (TPSA) is 60.8 Å². The van der Waals surface area contributed by atoms with Crippen molar-refractivity contribution >= 4 is 5.78 Å². The maximum absolute atomic E-state index is 12.6. The Morgan fingerprint density at radius 1 is 1.27 bits per heavy atom. The summed E-state index contributed by atoms with van der Waals surface area (Å²) in [7, 11) is 2.09. The van der Waals surface area contributed by atoms with Gasteiger partial charge in [-0.15, -0.1) is 0 Å². The second-order valence-electron chi connectivity index (χ2n) is 7.67. The van der Waals surface area contributed by atoms with Crippen molar-refractivity contribution in [1.29, 1.82) is 0 Å². The number of likely N-dealkylation sites (tertiary alicyclic amines) is 1. The number of likely N-dealkylation sites (N-methyl/N-ethyl adjacent to an activating group) is 1. The third-order valence-electron chi connectivity index (χ3n) is 7.09. The van der Waals surface area contributed by atoms with E-state index in [0.29, 0.717) is 25.0 Å². The molecule has 4 heteroatoms. The first-order valence-corrected chi connectivity index (χ1v) is 8.28. The Labute approximate surface area is 129 Å². The lowest BCUT2D eigenvalue weighted by Crippen LogP contribution is -2.74. The van der Waals surface area contributed by atoms with Crippen LogP contribution in [0, 0.1) is 5.92 Å². The summed E-state index contributed by atoms with van der Waals surface area (Å²) in [5, 5.41) is 22.0. The van der Waals surface area contributed by atoms with Gasteiger partial charge in [0.15, 0.2) is 0 Å². The van der Waals surface area contributed by atoms with Gasteiger partial charge in [-0.3, -0.25) is 4.79 Å². The molecule has 0 radical (unpaired) electrons. The maximum Gasteiger partial charge on any atom is 0.137 e. The number of carbonyl (C=O) groups excluding carboxylic acids is 1. The van der Waals surface area contributed by atoms with Gasteiger partial charge in [0.1, 0.15) is 11.5 Å². The van der Waals surface area contributed by atoms with Crippen LogP contribution in [0.3, 0.4) is 0 Å². The molecule has 5 rings (SSSR count). The van der Waals surface area contributed by atoms with Crippen LogP contribution in [0.5, 0.6) is 5.75 Å². The fourth-order valence-corrected chi connectivity index (χ4v) is 6.17. The molecule has 1 aromatic carbocycles. The number of phenolic OH excluding ortho intramolecular Hbond substituents is 1. The Bertz CT molecular complexity index is 715. The number of hydrogen-bond donors (Lipinski definition) is 2. The van der Waals surface area contributed by atoms with Crippen LogP contribution < -0.4 is 0 Å². The summed E-state index contributed by atoms with van der Waals surface area (Å²) in [5.41, 5.74) is 1.99. The number of benzene rings is 1. The number of aromatic hydroxyl groups is 1. The summed E-state index contributed by atoms with van der Waals surface area (Å²) >= 11 is 0. The van der Waals surface area contributed by atoms with Crippen molar-refractivity contribution in [3.63, 3.8) is 0 Å². The molecule has 1 saturated heterocycles. The van der Waals surface area contributed by atoms with E-state index in [-0.39, 0.29) is 17.7 Å². The van der Waals surface area contributed by atoms with Crippen molar-refractivity contribution in [1.82, 2.24) is 4.90 Å². The highest BCUT2D eigenvalue weighted by Gasteiger charge is 2.70. The van der Waals surface area contributed by atoms with E-state index in [0.717, 1.165) is 30.5 Å². The number of ketones is 1. The molecule has 4 aliphatic rings. The molecule has 0 aromatic heterocycles. The second kappa shape index (κ2) is 3.74. The lowest BCUT2D eigenvalue weighted by Gasteiger charge is -2.63. The van der Waals surface area contributed by atoms with Gasteiger partial charge in [-0.05, 0) is 62.0 Å². The zero-order chi connectivity index (χ0) is 15.3. The van der Waals surface area contributed by atoms with Gasteiger partial charge in [-0.2, -0.15) is 0 Å². The summed E-state index contributed by atoms with van der Waals surface area (Å²) in [6.45, 7) is 0.908. The summed E-state index contributed by atoms with van der Waals surface area (Å²) in [4.78, 5) is 14.9. The average Bonchev–Trinajstić information content (AvgIpc) is 2.85. The molecule has 0 amide bonds. The summed E-state index contributed by atoms with van der Waals surface area (Å²) in [6, 6.07) is 3.86. The number of phenols is 1. The fraction of sp³-hybridized carbons (Fsp3) is 0.611. The minimum absolute atomic E-state index is 0.0832. The molecule has 2 fully saturated rings. The smallest absolute Gasteiger partial charge is 0.137 e. The van der Waals surface area contributed by atoms with Crippen LogP contribution in [0.1, 0.15) is 36.0 Å². The number of Topliss-reactive ketones (excluding diaryl/α,β-unsaturated/α-hetero) is 1. The second-order valence-corrected chi connectivity index (χ2v) is 7.67. The van der Waals surface area contributed by atoms with Crippen molar-refractivity contribution < 1.29 is 15.0 Å². The first-order valence-electron chi connectivity index (χ1n) is 8.28. The van der Waals surface area contributed by atoms with E-state index < -0.39 is 11.0 Å². The Morgan fingerprint density at radius 2 is 2.09 bits per heavy atom. The molecule has 1 spiro atoms. The molecule has 2 bridgehead atoms. The van der Waals surface area contributed by atoms with Gasteiger partial charge in [-0.1, -0.05) is 6.07 Å². The predicted molar refractivity (Wildman–Crippen MR) is 80.9 cm³/mol. The molecular formula is C18H21NO3. The summed E-state index contributed by atoms with van der Waals surface area (Å²) in [5.74, 6) is 0.427. The van der Waals surface area contributed by atoms with Crippen molar-refractivity contribution in [3.8, 4) is 5.75 Å². The van der Waals surface area contributed by atoms with E-state index in [1.807, 2.05) is 6.07 Å². The number of hydrogen-bond acceptors (Lipinski definition) is 4. The Morgan fingerprint density at radius 3 is 2.91 bits per heavy atom. The highest BCUT2D eigenvalue weighted by atomic mass is 16.3. The minimum atomic E-state index is -0.829. The number of nitrogens with zero attached hydrogens (tertiary/aromatic N) is 1. The lowest BCUT2D eigenvalue weighted by atomic mass is 9.48. The van der Waals surface area contributed by atoms with Gasteiger partial charge in [-0.25, -0.2) is 0 Å². The highest BCUT2D eigenvalue weighted by Crippen LogP contribution is 2.64. The largest absolute Gasteiger partial charge is 0.508 e. The van der Waals surface area contributed by atoms with Crippen LogP contribution in [0.2, 0.25) is 0 Å². The van der Waals surface area contributed by atoms with Crippen LogP contribution in [-0.2, 0) is 23.1 Å². The van der Waals surface area contributed by atoms with Crippen molar-refractivity contribution in [3.05, 3.63) is 28.8 Å². The standard InChI is InChI=1S/C18H21NO3/c1-19-7-6-17-12-9-11-13(20)3-2-10(16(11)17)8-15(19)18(17,22)5-4-14(12)21/h2-3,12,15,20,22H,4-9H2,1H3/t12-,15?,17?,18+/m0/s1. The van der Waals surface area contributed by atoms with Crippen LogP contribution in [0.4, 0.5) is 0 Å². The van der Waals surface area contributed by atoms with Crippen LogP contribution >= 0.6 is 0 Å². The maximum atomic E-state index is 12.6. The number of rotatable bonds is 0. The summed E-state index contributed by atoms with van der Waals surface area (Å²) < 4.78 is 0. The molecule has 2 N–H and O–H groups in total. The Balaban J connectivity index is 1.88. The molecule has 1 aromatic rings. The summed E-state index contributed by atoms with van der Waals surface area (Å²) in [6.07, 6.45) is 3.27. The van der Waals surface area contributed by atoms with Gasteiger partial charge in [0.2, 0.25) is 0 Å². The van der Waals surface area contributed by atoms with E-state index in [1.54, 1.807) is 6.07 Å². The molecular weight excluding hydrogens is 278 g/mol. The van der Waals surface area contributed by atoms with Crippen LogP contribution in [-0.4, -0.2) is 46.1 Å². The minimum Gasteiger partial charge on any atom is -0.508 e. The monoisotopic (exact) mass is 299 g/mol. The molecule has 3 aliphatic carbocycles. The van der Waals surface area contributed by atoms with Crippen molar-refractivity contribution in [2.24, 2.45) is 5.92 Å². The lowest BCUT2D eigenvalue weighted by molar-refractivity contribution is -0.180. The van der Waals surface area contributed by atoms with Crippen LogP contribution in [0.25, 0.3) is 0 Å². The van der Waals surface area contributed by atoms with Gasteiger partial charge in [0.25, 0.3) is 0 Å². The zero-order valence-electron chi connectivity index (χ0n) is 12.8. The zero-order valence-corrected chi connectivity index (χ0v) is 12.8. The van der Waals surface area contributed by atoms with E-state index in [9.17, 15) is 15.0 Å². The van der Waals surface area contributed by atoms with E-state index in [1.165, 1.54) is 5.56 Å². The SMILES string of the molecule is CN1CCC23c4c5ccc(O)c4C[C@H]2C(=O)CC[C@@]3(O)C1C5. The Kier molecular flexibility index (Phi) is 2.23. The Hall–Kier alpha value is -1.39. The molecule has 116 valence electrons. The molecule has 1 saturated carbocycles. The number of carbonyl (C=O) groups is 1.